The fourth-order valence-electron chi connectivity index (χ4n) is 2.15. The zero-order chi connectivity index (χ0) is 15.4. The van der Waals surface area contributed by atoms with E-state index in [1.807, 2.05) is 12.1 Å². The van der Waals surface area contributed by atoms with Crippen LogP contribution in [0.4, 0.5) is 4.39 Å². The molecule has 0 aliphatic heterocycles. The summed E-state index contributed by atoms with van der Waals surface area (Å²) in [5.41, 5.74) is 1.50. The van der Waals surface area contributed by atoms with Crippen LogP contribution in [0.5, 0.6) is 0 Å². The topological polar surface area (TPSA) is 12.0 Å². The minimum Gasteiger partial charge on any atom is -0.306 e. The predicted octanol–water partition coefficient (Wildman–Crippen LogP) is 5.98. The standard InChI is InChI=1S/C16H15BrCl2FN/c1-2-7-21-16(12-5-3-10(18)8-14(12)17)13-6-4-11(19)9-15(13)20/h3-6,8-9,16,21H,2,7H2,1H3. The van der Waals surface area contributed by atoms with Crippen LogP contribution in [0, 0.1) is 5.82 Å². The molecule has 0 aliphatic carbocycles. The summed E-state index contributed by atoms with van der Waals surface area (Å²) in [6, 6.07) is 10.0. The summed E-state index contributed by atoms with van der Waals surface area (Å²) in [4.78, 5) is 0. The van der Waals surface area contributed by atoms with Crippen LogP contribution in [0.15, 0.2) is 40.9 Å². The lowest BCUT2D eigenvalue weighted by atomic mass is 9.98. The number of rotatable bonds is 5. The van der Waals surface area contributed by atoms with Gasteiger partial charge in [-0.2, -0.15) is 0 Å². The van der Waals surface area contributed by atoms with Gasteiger partial charge in [0.25, 0.3) is 0 Å². The summed E-state index contributed by atoms with van der Waals surface area (Å²) >= 11 is 15.3. The van der Waals surface area contributed by atoms with Gasteiger partial charge in [-0.3, -0.25) is 0 Å². The van der Waals surface area contributed by atoms with Crippen LogP contribution in [-0.4, -0.2) is 6.54 Å². The summed E-state index contributed by atoms with van der Waals surface area (Å²) in [6.07, 6.45) is 0.955. The smallest absolute Gasteiger partial charge is 0.129 e. The van der Waals surface area contributed by atoms with Crippen molar-refractivity contribution in [2.45, 2.75) is 19.4 Å². The normalized spacial score (nSPS) is 12.4. The molecule has 0 spiro atoms. The van der Waals surface area contributed by atoms with Gasteiger partial charge in [-0.05, 0) is 42.8 Å². The van der Waals surface area contributed by atoms with E-state index in [0.717, 1.165) is 23.0 Å². The number of nitrogens with one attached hydrogen (secondary N) is 1. The first-order valence-electron chi connectivity index (χ1n) is 6.66. The SMILES string of the molecule is CCCNC(c1ccc(Cl)cc1F)c1ccc(Cl)cc1Br. The molecule has 0 aromatic heterocycles. The summed E-state index contributed by atoms with van der Waals surface area (Å²) in [7, 11) is 0. The molecule has 2 aromatic carbocycles. The molecule has 0 saturated carbocycles. The molecular weight excluding hydrogens is 376 g/mol. The van der Waals surface area contributed by atoms with E-state index in [9.17, 15) is 4.39 Å². The van der Waals surface area contributed by atoms with E-state index in [-0.39, 0.29) is 11.9 Å². The maximum Gasteiger partial charge on any atom is 0.129 e. The van der Waals surface area contributed by atoms with Gasteiger partial charge >= 0.3 is 0 Å². The lowest BCUT2D eigenvalue weighted by molar-refractivity contribution is 0.546. The Bertz CT molecular complexity index is 582. The van der Waals surface area contributed by atoms with Crippen molar-refractivity contribution in [3.05, 3.63) is 67.9 Å². The van der Waals surface area contributed by atoms with E-state index >= 15 is 0 Å². The molecule has 21 heavy (non-hydrogen) atoms. The lowest BCUT2D eigenvalue weighted by Gasteiger charge is -2.21. The maximum atomic E-state index is 14.3. The molecule has 1 atom stereocenters. The van der Waals surface area contributed by atoms with Crippen molar-refractivity contribution in [1.29, 1.82) is 0 Å². The quantitative estimate of drug-likeness (QED) is 0.661. The average Bonchev–Trinajstić information content (AvgIpc) is 2.42. The van der Waals surface area contributed by atoms with Crippen molar-refractivity contribution < 1.29 is 4.39 Å². The molecule has 0 radical (unpaired) electrons. The second kappa shape index (κ2) is 7.59. The highest BCUT2D eigenvalue weighted by Crippen LogP contribution is 2.32. The molecule has 0 heterocycles. The monoisotopic (exact) mass is 389 g/mol. The molecule has 0 bridgehead atoms. The van der Waals surface area contributed by atoms with Crippen LogP contribution in [-0.2, 0) is 0 Å². The highest BCUT2D eigenvalue weighted by molar-refractivity contribution is 9.10. The largest absolute Gasteiger partial charge is 0.306 e. The van der Waals surface area contributed by atoms with Gasteiger partial charge < -0.3 is 5.32 Å². The van der Waals surface area contributed by atoms with Crippen molar-refractivity contribution in [3.63, 3.8) is 0 Å². The molecule has 2 rings (SSSR count). The first-order valence-corrected chi connectivity index (χ1v) is 8.21. The number of hydrogen-bond donors (Lipinski definition) is 1. The summed E-state index contributed by atoms with van der Waals surface area (Å²) < 4.78 is 15.1. The molecule has 0 fully saturated rings. The Morgan fingerprint density at radius 3 is 2.29 bits per heavy atom. The van der Waals surface area contributed by atoms with Gasteiger partial charge in [0.1, 0.15) is 5.82 Å². The summed E-state index contributed by atoms with van der Waals surface area (Å²) in [5, 5.41) is 4.39. The van der Waals surface area contributed by atoms with Crippen molar-refractivity contribution in [2.24, 2.45) is 0 Å². The Morgan fingerprint density at radius 2 is 1.71 bits per heavy atom. The number of hydrogen-bond acceptors (Lipinski definition) is 1. The zero-order valence-electron chi connectivity index (χ0n) is 11.5. The summed E-state index contributed by atoms with van der Waals surface area (Å²) in [6.45, 7) is 2.85. The minimum atomic E-state index is -0.321. The molecule has 2 aromatic rings. The van der Waals surface area contributed by atoms with E-state index in [2.05, 4.69) is 28.2 Å². The van der Waals surface area contributed by atoms with Gasteiger partial charge in [-0.15, -0.1) is 0 Å². The number of benzene rings is 2. The van der Waals surface area contributed by atoms with Gasteiger partial charge in [-0.25, -0.2) is 4.39 Å². The Labute approximate surface area is 142 Å². The Morgan fingerprint density at radius 1 is 1.10 bits per heavy atom. The van der Waals surface area contributed by atoms with Crippen molar-refractivity contribution in [1.82, 2.24) is 5.32 Å². The molecule has 0 saturated heterocycles. The van der Waals surface area contributed by atoms with E-state index in [1.54, 1.807) is 18.2 Å². The van der Waals surface area contributed by atoms with Crippen LogP contribution in [0.3, 0.4) is 0 Å². The second-order valence-electron chi connectivity index (χ2n) is 4.72. The predicted molar refractivity (Wildman–Crippen MR) is 90.7 cm³/mol. The van der Waals surface area contributed by atoms with E-state index < -0.39 is 0 Å². The Balaban J connectivity index is 2.46. The third-order valence-corrected chi connectivity index (χ3v) is 4.30. The maximum absolute atomic E-state index is 14.3. The second-order valence-corrected chi connectivity index (χ2v) is 6.45. The van der Waals surface area contributed by atoms with Crippen LogP contribution in [0.2, 0.25) is 10.0 Å². The van der Waals surface area contributed by atoms with E-state index in [4.69, 9.17) is 23.2 Å². The first-order chi connectivity index (χ1) is 10.0. The van der Waals surface area contributed by atoms with Crippen LogP contribution in [0.25, 0.3) is 0 Å². The Hall–Kier alpha value is -0.610. The zero-order valence-corrected chi connectivity index (χ0v) is 14.6. The van der Waals surface area contributed by atoms with Gasteiger partial charge in [0.15, 0.2) is 0 Å². The molecule has 5 heteroatoms. The van der Waals surface area contributed by atoms with Gasteiger partial charge in [0.05, 0.1) is 6.04 Å². The Kier molecular flexibility index (Phi) is 6.06. The molecule has 0 aliphatic rings. The van der Waals surface area contributed by atoms with E-state index in [1.165, 1.54) is 6.07 Å². The molecule has 1 nitrogen and oxygen atoms in total. The minimum absolute atomic E-state index is 0.256. The summed E-state index contributed by atoms with van der Waals surface area (Å²) in [5.74, 6) is -0.321. The van der Waals surface area contributed by atoms with Crippen molar-refractivity contribution in [3.8, 4) is 0 Å². The first kappa shape index (κ1) is 16.8. The van der Waals surface area contributed by atoms with E-state index in [0.29, 0.717) is 15.6 Å². The third kappa shape index (κ3) is 4.19. The van der Waals surface area contributed by atoms with Crippen LogP contribution >= 0.6 is 39.1 Å². The van der Waals surface area contributed by atoms with Crippen molar-refractivity contribution in [2.75, 3.05) is 6.54 Å². The van der Waals surface area contributed by atoms with Gasteiger partial charge in [0.2, 0.25) is 0 Å². The van der Waals surface area contributed by atoms with Crippen LogP contribution < -0.4 is 5.32 Å². The number of halogens is 4. The third-order valence-electron chi connectivity index (χ3n) is 3.15. The molecule has 1 N–H and O–H groups in total. The molecular formula is C16H15BrCl2FN. The lowest BCUT2D eigenvalue weighted by Crippen LogP contribution is -2.24. The van der Waals surface area contributed by atoms with Crippen LogP contribution in [0.1, 0.15) is 30.5 Å². The molecule has 112 valence electrons. The van der Waals surface area contributed by atoms with Crippen molar-refractivity contribution >= 4 is 39.1 Å². The molecule has 1 unspecified atom stereocenters. The highest BCUT2D eigenvalue weighted by Gasteiger charge is 2.20. The highest BCUT2D eigenvalue weighted by atomic mass is 79.9. The molecule has 0 amide bonds. The average molecular weight is 391 g/mol. The fraction of sp³-hybridized carbons (Fsp3) is 0.250. The van der Waals surface area contributed by atoms with Gasteiger partial charge in [0, 0.05) is 20.1 Å². The van der Waals surface area contributed by atoms with Gasteiger partial charge in [-0.1, -0.05) is 58.2 Å². The fourth-order valence-corrected chi connectivity index (χ4v) is 3.22.